The van der Waals surface area contributed by atoms with Crippen molar-refractivity contribution in [1.82, 2.24) is 9.80 Å². The molecule has 0 saturated carbocycles. The Morgan fingerprint density at radius 2 is 2.00 bits per heavy atom. The Hall–Kier alpha value is -1.68. The predicted molar refractivity (Wildman–Crippen MR) is 69.5 cm³/mol. The van der Waals surface area contributed by atoms with Gasteiger partial charge in [0.2, 0.25) is 5.91 Å². The van der Waals surface area contributed by atoms with Crippen LogP contribution in [0.25, 0.3) is 6.08 Å². The van der Waals surface area contributed by atoms with Crippen LogP contribution in [-0.2, 0) is 4.79 Å². The summed E-state index contributed by atoms with van der Waals surface area (Å²) in [5, 5.41) is 0. The molecule has 18 heavy (non-hydrogen) atoms. The summed E-state index contributed by atoms with van der Waals surface area (Å²) in [5.41, 5.74) is 0.706. The molecule has 0 aromatic heterocycles. The minimum Gasteiger partial charge on any atom is -0.337 e. The second kappa shape index (κ2) is 5.78. The van der Waals surface area contributed by atoms with E-state index < -0.39 is 0 Å². The van der Waals surface area contributed by atoms with Gasteiger partial charge in [-0.05, 0) is 30.8 Å². The molecular formula is C14H17FN2O. The third-order valence-electron chi connectivity index (χ3n) is 3.08. The molecule has 0 radical (unpaired) electrons. The molecule has 3 nitrogen and oxygen atoms in total. The van der Waals surface area contributed by atoms with Crippen LogP contribution < -0.4 is 0 Å². The van der Waals surface area contributed by atoms with Gasteiger partial charge in [-0.1, -0.05) is 12.1 Å². The van der Waals surface area contributed by atoms with Gasteiger partial charge in [0.1, 0.15) is 5.82 Å². The van der Waals surface area contributed by atoms with Gasteiger partial charge in [0.25, 0.3) is 0 Å². The SMILES string of the molecule is CN1CCN(C(=O)C=Cc2cccc(F)c2)CC1. The van der Waals surface area contributed by atoms with E-state index in [4.69, 9.17) is 0 Å². The second-order valence-electron chi connectivity index (χ2n) is 4.52. The number of nitrogens with zero attached hydrogens (tertiary/aromatic N) is 2. The predicted octanol–water partition coefficient (Wildman–Crippen LogP) is 1.61. The fourth-order valence-corrected chi connectivity index (χ4v) is 1.91. The lowest BCUT2D eigenvalue weighted by Crippen LogP contribution is -2.46. The van der Waals surface area contributed by atoms with Gasteiger partial charge in [0, 0.05) is 32.3 Å². The highest BCUT2D eigenvalue weighted by Gasteiger charge is 2.16. The number of carbonyl (C=O) groups is 1. The Balaban J connectivity index is 1.94. The number of likely N-dealkylation sites (N-methyl/N-ethyl adjacent to an activating group) is 1. The first-order valence-corrected chi connectivity index (χ1v) is 6.06. The topological polar surface area (TPSA) is 23.6 Å². The van der Waals surface area contributed by atoms with Crippen molar-refractivity contribution in [2.24, 2.45) is 0 Å². The number of halogens is 1. The molecule has 1 aromatic rings. The lowest BCUT2D eigenvalue weighted by atomic mass is 10.2. The molecule has 1 aliphatic rings. The Morgan fingerprint density at radius 1 is 1.28 bits per heavy atom. The van der Waals surface area contributed by atoms with Crippen LogP contribution in [0.1, 0.15) is 5.56 Å². The summed E-state index contributed by atoms with van der Waals surface area (Å²) in [4.78, 5) is 15.9. The zero-order valence-electron chi connectivity index (χ0n) is 10.5. The Bertz CT molecular complexity index is 451. The normalized spacial score (nSPS) is 17.3. The highest BCUT2D eigenvalue weighted by Crippen LogP contribution is 2.07. The number of carbonyl (C=O) groups excluding carboxylic acids is 1. The van der Waals surface area contributed by atoms with Crippen LogP contribution in [0.4, 0.5) is 4.39 Å². The fourth-order valence-electron chi connectivity index (χ4n) is 1.91. The maximum atomic E-state index is 13.0. The van der Waals surface area contributed by atoms with Gasteiger partial charge in [-0.15, -0.1) is 0 Å². The molecule has 0 bridgehead atoms. The number of piperazine rings is 1. The lowest BCUT2D eigenvalue weighted by molar-refractivity contribution is -0.127. The van der Waals surface area contributed by atoms with Gasteiger partial charge in [-0.2, -0.15) is 0 Å². The number of amides is 1. The molecule has 1 heterocycles. The highest BCUT2D eigenvalue weighted by atomic mass is 19.1. The molecule has 0 aliphatic carbocycles. The van der Waals surface area contributed by atoms with Gasteiger partial charge in [-0.25, -0.2) is 4.39 Å². The van der Waals surface area contributed by atoms with E-state index in [2.05, 4.69) is 4.90 Å². The standard InChI is InChI=1S/C14H17FN2O/c1-16-7-9-17(10-8-16)14(18)6-5-12-3-2-4-13(15)11-12/h2-6,11H,7-10H2,1H3. The summed E-state index contributed by atoms with van der Waals surface area (Å²) in [6.45, 7) is 3.31. The van der Waals surface area contributed by atoms with Crippen molar-refractivity contribution in [2.75, 3.05) is 33.2 Å². The monoisotopic (exact) mass is 248 g/mol. The number of benzene rings is 1. The van der Waals surface area contributed by atoms with Crippen LogP contribution in [0.3, 0.4) is 0 Å². The average Bonchev–Trinajstić information content (AvgIpc) is 2.37. The van der Waals surface area contributed by atoms with E-state index in [1.165, 1.54) is 18.2 Å². The molecule has 0 N–H and O–H groups in total. The van der Waals surface area contributed by atoms with E-state index in [1.807, 2.05) is 11.9 Å². The first kappa shape index (κ1) is 12.8. The molecule has 1 fully saturated rings. The summed E-state index contributed by atoms with van der Waals surface area (Å²) < 4.78 is 13.0. The molecule has 96 valence electrons. The van der Waals surface area contributed by atoms with E-state index in [0.717, 1.165) is 26.2 Å². The number of rotatable bonds is 2. The summed E-state index contributed by atoms with van der Waals surface area (Å²) >= 11 is 0. The maximum absolute atomic E-state index is 13.0. The molecule has 0 unspecified atom stereocenters. The minimum absolute atomic E-state index is 0.00707. The zero-order chi connectivity index (χ0) is 13.0. The van der Waals surface area contributed by atoms with Gasteiger partial charge >= 0.3 is 0 Å². The second-order valence-corrected chi connectivity index (χ2v) is 4.52. The van der Waals surface area contributed by atoms with E-state index in [9.17, 15) is 9.18 Å². The van der Waals surface area contributed by atoms with E-state index in [1.54, 1.807) is 18.2 Å². The number of hydrogen-bond acceptors (Lipinski definition) is 2. The molecule has 4 heteroatoms. The van der Waals surface area contributed by atoms with Gasteiger partial charge in [0.05, 0.1) is 0 Å². The summed E-state index contributed by atoms with van der Waals surface area (Å²) in [7, 11) is 2.05. The van der Waals surface area contributed by atoms with E-state index in [-0.39, 0.29) is 11.7 Å². The van der Waals surface area contributed by atoms with E-state index >= 15 is 0 Å². The van der Waals surface area contributed by atoms with Crippen LogP contribution >= 0.6 is 0 Å². The van der Waals surface area contributed by atoms with Gasteiger partial charge in [0.15, 0.2) is 0 Å². The minimum atomic E-state index is -0.288. The summed E-state index contributed by atoms with van der Waals surface area (Å²) in [6, 6.07) is 6.21. The van der Waals surface area contributed by atoms with Gasteiger partial charge < -0.3 is 9.80 Å². The Morgan fingerprint density at radius 3 is 2.67 bits per heavy atom. The van der Waals surface area contributed by atoms with Crippen molar-refractivity contribution in [3.63, 3.8) is 0 Å². The molecule has 0 spiro atoms. The molecule has 1 aromatic carbocycles. The molecule has 1 amide bonds. The first-order chi connectivity index (χ1) is 8.65. The van der Waals surface area contributed by atoms with Crippen LogP contribution in [-0.4, -0.2) is 48.9 Å². The fraction of sp³-hybridized carbons (Fsp3) is 0.357. The smallest absolute Gasteiger partial charge is 0.246 e. The first-order valence-electron chi connectivity index (χ1n) is 6.06. The van der Waals surface area contributed by atoms with Crippen molar-refractivity contribution >= 4 is 12.0 Å². The van der Waals surface area contributed by atoms with Crippen molar-refractivity contribution < 1.29 is 9.18 Å². The third-order valence-corrected chi connectivity index (χ3v) is 3.08. The highest BCUT2D eigenvalue weighted by molar-refractivity contribution is 5.91. The molecular weight excluding hydrogens is 231 g/mol. The van der Waals surface area contributed by atoms with Gasteiger partial charge in [-0.3, -0.25) is 4.79 Å². The van der Waals surface area contributed by atoms with Crippen LogP contribution in [0, 0.1) is 5.82 Å². The molecule has 2 rings (SSSR count). The number of hydrogen-bond donors (Lipinski definition) is 0. The zero-order valence-corrected chi connectivity index (χ0v) is 10.5. The van der Waals surface area contributed by atoms with Crippen molar-refractivity contribution in [3.05, 3.63) is 41.7 Å². The lowest BCUT2D eigenvalue weighted by Gasteiger charge is -2.31. The summed E-state index contributed by atoms with van der Waals surface area (Å²) in [5.74, 6) is -0.295. The van der Waals surface area contributed by atoms with Crippen LogP contribution in [0.15, 0.2) is 30.3 Å². The van der Waals surface area contributed by atoms with Crippen LogP contribution in [0.2, 0.25) is 0 Å². The Labute approximate surface area is 107 Å². The van der Waals surface area contributed by atoms with Crippen molar-refractivity contribution in [2.45, 2.75) is 0 Å². The van der Waals surface area contributed by atoms with Crippen molar-refractivity contribution in [3.8, 4) is 0 Å². The summed E-state index contributed by atoms with van der Waals surface area (Å²) in [6.07, 6.45) is 3.17. The Kier molecular flexibility index (Phi) is 4.10. The van der Waals surface area contributed by atoms with E-state index in [0.29, 0.717) is 5.56 Å². The average molecular weight is 248 g/mol. The van der Waals surface area contributed by atoms with Crippen LogP contribution in [0.5, 0.6) is 0 Å². The third kappa shape index (κ3) is 3.40. The quantitative estimate of drug-likeness (QED) is 0.742. The molecule has 1 saturated heterocycles. The molecule has 1 aliphatic heterocycles. The largest absolute Gasteiger partial charge is 0.337 e. The van der Waals surface area contributed by atoms with Crippen molar-refractivity contribution in [1.29, 1.82) is 0 Å². The maximum Gasteiger partial charge on any atom is 0.246 e. The molecule has 0 atom stereocenters.